The molecule has 2 aromatic rings. The van der Waals surface area contributed by atoms with Crippen molar-refractivity contribution in [3.8, 4) is 11.1 Å². The van der Waals surface area contributed by atoms with Gasteiger partial charge >= 0.3 is 5.97 Å². The molecular weight excluding hydrogens is 278 g/mol. The lowest BCUT2D eigenvalue weighted by Gasteiger charge is -2.18. The minimum Gasteiger partial charge on any atom is -0.465 e. The Morgan fingerprint density at radius 3 is 2.86 bits per heavy atom. The molecule has 2 rings (SSSR count). The number of methoxy groups -OCH3 is 1. The Balaban J connectivity index is 2.55. The Kier molecular flexibility index (Phi) is 5.06. The fourth-order valence-corrected chi connectivity index (χ4v) is 1.99. The molecule has 0 saturated carbocycles. The second-order valence-corrected chi connectivity index (χ2v) is 4.45. The summed E-state index contributed by atoms with van der Waals surface area (Å²) in [5.74, 6) is 5.64. The van der Waals surface area contributed by atoms with Crippen LogP contribution in [0.3, 0.4) is 0 Å². The van der Waals surface area contributed by atoms with E-state index in [4.69, 9.17) is 10.6 Å². The molecule has 0 radical (unpaired) electrons. The number of ether oxygens (including phenoxy) is 1. The predicted octanol–water partition coefficient (Wildman–Crippen LogP) is 2.92. The molecule has 0 amide bonds. The zero-order valence-electron chi connectivity index (χ0n) is 12.3. The zero-order valence-corrected chi connectivity index (χ0v) is 12.3. The van der Waals surface area contributed by atoms with Gasteiger partial charge in [-0.3, -0.25) is 9.99 Å². The van der Waals surface area contributed by atoms with Gasteiger partial charge in [-0.25, -0.2) is 10.6 Å². The smallest absolute Gasteiger partial charge is 0.337 e. The molecule has 0 atom stereocenters. The number of pyridine rings is 1. The third-order valence-electron chi connectivity index (χ3n) is 3.05. The Hall–Kier alpha value is -2.92. The van der Waals surface area contributed by atoms with E-state index in [1.165, 1.54) is 12.1 Å². The van der Waals surface area contributed by atoms with E-state index >= 15 is 0 Å². The van der Waals surface area contributed by atoms with Crippen molar-refractivity contribution >= 4 is 11.7 Å². The summed E-state index contributed by atoms with van der Waals surface area (Å²) >= 11 is 0. The maximum absolute atomic E-state index is 11.7. The average molecular weight is 295 g/mol. The van der Waals surface area contributed by atoms with Crippen LogP contribution in [0.5, 0.6) is 0 Å². The summed E-state index contributed by atoms with van der Waals surface area (Å²) in [6.45, 7) is 3.62. The number of carbonyl (C=O) groups is 1. The van der Waals surface area contributed by atoms with E-state index in [0.717, 1.165) is 16.8 Å². The van der Waals surface area contributed by atoms with Crippen molar-refractivity contribution in [3.63, 3.8) is 0 Å². The molecule has 2 N–H and O–H groups in total. The van der Waals surface area contributed by atoms with Crippen LogP contribution in [-0.4, -0.2) is 18.1 Å². The van der Waals surface area contributed by atoms with Crippen LogP contribution in [0.1, 0.15) is 10.4 Å². The van der Waals surface area contributed by atoms with Crippen molar-refractivity contribution in [2.75, 3.05) is 12.1 Å². The van der Waals surface area contributed by atoms with Crippen LogP contribution < -0.4 is 10.9 Å². The molecule has 0 aliphatic carbocycles. The summed E-state index contributed by atoms with van der Waals surface area (Å²) in [5.41, 5.74) is 2.82. The Labute approximate surface area is 129 Å². The summed E-state index contributed by atoms with van der Waals surface area (Å²) in [6, 6.07) is 8.90. The SMILES string of the molecule is C=C/C=C\N(N)c1ccc(C(=O)OC)cc1-c1cccnc1. The maximum Gasteiger partial charge on any atom is 0.337 e. The first-order valence-electron chi connectivity index (χ1n) is 6.63. The highest BCUT2D eigenvalue weighted by Crippen LogP contribution is 2.30. The van der Waals surface area contributed by atoms with Crippen LogP contribution in [0.15, 0.2) is 67.7 Å². The lowest BCUT2D eigenvalue weighted by atomic mass is 10.0. The normalized spacial score (nSPS) is 10.5. The van der Waals surface area contributed by atoms with Crippen LogP contribution in [0.25, 0.3) is 11.1 Å². The number of nitrogens with two attached hydrogens (primary N) is 1. The number of rotatable bonds is 5. The van der Waals surface area contributed by atoms with Gasteiger partial charge in [0.15, 0.2) is 0 Å². The van der Waals surface area contributed by atoms with Crippen molar-refractivity contribution in [1.29, 1.82) is 0 Å². The molecule has 1 aromatic heterocycles. The Morgan fingerprint density at radius 2 is 2.23 bits per heavy atom. The average Bonchev–Trinajstić information content (AvgIpc) is 2.59. The number of benzene rings is 1. The van der Waals surface area contributed by atoms with Gasteiger partial charge in [-0.1, -0.05) is 18.7 Å². The van der Waals surface area contributed by atoms with Crippen LogP contribution in [0.2, 0.25) is 0 Å². The topological polar surface area (TPSA) is 68.5 Å². The summed E-state index contributed by atoms with van der Waals surface area (Å²) in [4.78, 5) is 15.8. The minimum atomic E-state index is -0.401. The van der Waals surface area contributed by atoms with Gasteiger partial charge < -0.3 is 4.74 Å². The fourth-order valence-electron chi connectivity index (χ4n) is 1.99. The molecular formula is C17H17N3O2. The molecule has 0 saturated heterocycles. The monoisotopic (exact) mass is 295 g/mol. The molecule has 0 unspecified atom stereocenters. The van der Waals surface area contributed by atoms with Crippen LogP contribution in [0.4, 0.5) is 5.69 Å². The van der Waals surface area contributed by atoms with Gasteiger partial charge in [0.25, 0.3) is 0 Å². The van der Waals surface area contributed by atoms with Crippen molar-refractivity contribution in [1.82, 2.24) is 4.98 Å². The number of carbonyl (C=O) groups excluding carboxylic acids is 1. The van der Waals surface area contributed by atoms with E-state index in [1.807, 2.05) is 12.1 Å². The van der Waals surface area contributed by atoms with E-state index in [0.29, 0.717) is 5.56 Å². The molecule has 1 heterocycles. The first kappa shape index (κ1) is 15.5. The van der Waals surface area contributed by atoms with Crippen LogP contribution in [0, 0.1) is 0 Å². The van der Waals surface area contributed by atoms with Crippen molar-refractivity contribution in [2.45, 2.75) is 0 Å². The van der Waals surface area contributed by atoms with Gasteiger partial charge in [0.2, 0.25) is 0 Å². The molecule has 112 valence electrons. The number of anilines is 1. The first-order valence-corrected chi connectivity index (χ1v) is 6.63. The van der Waals surface area contributed by atoms with Gasteiger partial charge in [0.05, 0.1) is 18.4 Å². The number of hydrazine groups is 1. The van der Waals surface area contributed by atoms with Gasteiger partial charge in [0, 0.05) is 29.7 Å². The van der Waals surface area contributed by atoms with E-state index in [9.17, 15) is 4.79 Å². The molecule has 0 bridgehead atoms. The largest absolute Gasteiger partial charge is 0.465 e. The highest BCUT2D eigenvalue weighted by molar-refractivity contribution is 5.93. The van der Waals surface area contributed by atoms with Gasteiger partial charge in [0.1, 0.15) is 0 Å². The van der Waals surface area contributed by atoms with E-state index in [-0.39, 0.29) is 0 Å². The molecule has 5 heteroatoms. The zero-order chi connectivity index (χ0) is 15.9. The van der Waals surface area contributed by atoms with Gasteiger partial charge in [-0.2, -0.15) is 0 Å². The number of hydrogen-bond donors (Lipinski definition) is 1. The summed E-state index contributed by atoms with van der Waals surface area (Å²) in [6.07, 6.45) is 8.43. The maximum atomic E-state index is 11.7. The quantitative estimate of drug-likeness (QED) is 0.397. The Bertz CT molecular complexity index is 696. The van der Waals surface area contributed by atoms with E-state index < -0.39 is 5.97 Å². The first-order chi connectivity index (χ1) is 10.7. The number of esters is 1. The lowest BCUT2D eigenvalue weighted by Crippen LogP contribution is -2.24. The van der Waals surface area contributed by atoms with Crippen molar-refractivity contribution in [2.24, 2.45) is 5.84 Å². The summed E-state index contributed by atoms with van der Waals surface area (Å²) in [7, 11) is 1.35. The van der Waals surface area contributed by atoms with Crippen LogP contribution >= 0.6 is 0 Å². The molecule has 0 aliphatic heterocycles. The minimum absolute atomic E-state index is 0.401. The summed E-state index contributed by atoms with van der Waals surface area (Å²) in [5, 5.41) is 1.46. The second kappa shape index (κ2) is 7.19. The fraction of sp³-hybridized carbons (Fsp3) is 0.0588. The van der Waals surface area contributed by atoms with Crippen LogP contribution in [-0.2, 0) is 4.74 Å². The highest BCUT2D eigenvalue weighted by Gasteiger charge is 2.13. The van der Waals surface area contributed by atoms with E-state index in [1.54, 1.807) is 48.9 Å². The third kappa shape index (κ3) is 3.39. The molecule has 1 aromatic carbocycles. The molecule has 0 spiro atoms. The predicted molar refractivity (Wildman–Crippen MR) is 87.0 cm³/mol. The molecule has 0 aliphatic rings. The third-order valence-corrected chi connectivity index (χ3v) is 3.05. The summed E-state index contributed by atoms with van der Waals surface area (Å²) < 4.78 is 4.77. The number of allylic oxidation sites excluding steroid dienone is 2. The highest BCUT2D eigenvalue weighted by atomic mass is 16.5. The number of aromatic nitrogens is 1. The van der Waals surface area contributed by atoms with Gasteiger partial charge in [-0.15, -0.1) is 0 Å². The standard InChI is InChI=1S/C17H17N3O2/c1-3-4-10-20(18)16-8-7-13(17(21)22-2)11-15(16)14-6-5-9-19-12-14/h3-12H,1,18H2,2H3/b10-4-. The second-order valence-electron chi connectivity index (χ2n) is 4.45. The van der Waals surface area contributed by atoms with Crippen molar-refractivity contribution in [3.05, 3.63) is 73.2 Å². The van der Waals surface area contributed by atoms with Gasteiger partial charge in [-0.05, 0) is 30.3 Å². The van der Waals surface area contributed by atoms with Crippen molar-refractivity contribution < 1.29 is 9.53 Å². The Morgan fingerprint density at radius 1 is 1.41 bits per heavy atom. The molecule has 22 heavy (non-hydrogen) atoms. The number of hydrogen-bond acceptors (Lipinski definition) is 5. The number of nitrogens with zero attached hydrogens (tertiary/aromatic N) is 2. The van der Waals surface area contributed by atoms with E-state index in [2.05, 4.69) is 11.6 Å². The molecule has 5 nitrogen and oxygen atoms in total. The molecule has 0 fully saturated rings. The lowest BCUT2D eigenvalue weighted by molar-refractivity contribution is 0.0601.